The zero-order valence-corrected chi connectivity index (χ0v) is 16.7. The average molecular weight is 381 g/mol. The number of aryl methyl sites for hydroxylation is 2. The van der Waals surface area contributed by atoms with Gasteiger partial charge in [-0.2, -0.15) is 4.99 Å². The fraction of sp³-hybridized carbons (Fsp3) is 0.238. The van der Waals surface area contributed by atoms with Gasteiger partial charge in [-0.1, -0.05) is 24.2 Å². The van der Waals surface area contributed by atoms with E-state index in [4.69, 9.17) is 6.42 Å². The molecule has 3 aromatic rings. The average Bonchev–Trinajstić information content (AvgIpc) is 2.93. The van der Waals surface area contributed by atoms with Crippen LogP contribution in [0.2, 0.25) is 0 Å². The van der Waals surface area contributed by atoms with Crippen LogP contribution in [0.1, 0.15) is 28.4 Å². The van der Waals surface area contributed by atoms with Crippen LogP contribution in [0.5, 0.6) is 0 Å². The van der Waals surface area contributed by atoms with Crippen molar-refractivity contribution < 1.29 is 4.79 Å². The monoisotopic (exact) mass is 380 g/mol. The number of carbonyl (C=O) groups excluding carboxylic acids is 1. The third-order valence-electron chi connectivity index (χ3n) is 4.16. The topological polar surface area (TPSA) is 34.4 Å². The van der Waals surface area contributed by atoms with Crippen molar-refractivity contribution in [1.82, 2.24) is 4.57 Å². The molecule has 0 unspecified atom stereocenters. The minimum absolute atomic E-state index is 0.246. The summed E-state index contributed by atoms with van der Waals surface area (Å²) in [5.74, 6) is 3.42. The zero-order chi connectivity index (χ0) is 18.7. The molecular formula is C21H20N2OS2. The zero-order valence-electron chi connectivity index (χ0n) is 15.1. The summed E-state index contributed by atoms with van der Waals surface area (Å²) in [6.07, 6.45) is 5.54. The van der Waals surface area contributed by atoms with Crippen molar-refractivity contribution in [3.8, 4) is 12.3 Å². The van der Waals surface area contributed by atoms with E-state index in [0.29, 0.717) is 16.9 Å². The van der Waals surface area contributed by atoms with Crippen LogP contribution in [0.15, 0.2) is 46.3 Å². The molecule has 0 spiro atoms. The number of nitrogens with zero attached hydrogens (tertiary/aromatic N) is 2. The van der Waals surface area contributed by atoms with Crippen LogP contribution in [0.4, 0.5) is 0 Å². The van der Waals surface area contributed by atoms with Gasteiger partial charge < -0.3 is 4.57 Å². The van der Waals surface area contributed by atoms with E-state index in [1.54, 1.807) is 11.8 Å². The highest BCUT2D eigenvalue weighted by molar-refractivity contribution is 7.99. The van der Waals surface area contributed by atoms with Gasteiger partial charge in [-0.3, -0.25) is 4.79 Å². The molecule has 0 saturated heterocycles. The number of fused-ring (bicyclic) bond motifs is 1. The first-order valence-electron chi connectivity index (χ1n) is 8.39. The fourth-order valence-electron chi connectivity index (χ4n) is 2.66. The Bertz CT molecular complexity index is 1070. The summed E-state index contributed by atoms with van der Waals surface area (Å²) >= 11 is 3.25. The first-order valence-corrected chi connectivity index (χ1v) is 10.2. The molecule has 3 rings (SSSR count). The molecule has 1 heterocycles. The molecule has 3 nitrogen and oxygen atoms in total. The summed E-state index contributed by atoms with van der Waals surface area (Å²) in [6.45, 7) is 6.65. The minimum atomic E-state index is -0.246. The third kappa shape index (κ3) is 3.77. The van der Waals surface area contributed by atoms with Crippen molar-refractivity contribution in [2.45, 2.75) is 32.2 Å². The Morgan fingerprint density at radius 1 is 1.23 bits per heavy atom. The maximum absolute atomic E-state index is 12.6. The maximum Gasteiger partial charge on any atom is 0.279 e. The van der Waals surface area contributed by atoms with E-state index in [-0.39, 0.29) is 5.91 Å². The van der Waals surface area contributed by atoms with E-state index in [1.807, 2.05) is 28.8 Å². The number of hydrogen-bond donors (Lipinski definition) is 0. The van der Waals surface area contributed by atoms with Gasteiger partial charge in [0.2, 0.25) is 0 Å². The number of hydrogen-bond acceptors (Lipinski definition) is 3. The van der Waals surface area contributed by atoms with Crippen molar-refractivity contribution >= 4 is 39.2 Å². The number of amides is 1. The molecule has 0 N–H and O–H groups in total. The molecular weight excluding hydrogens is 360 g/mol. The Morgan fingerprint density at radius 3 is 2.58 bits per heavy atom. The molecule has 1 aromatic heterocycles. The van der Waals surface area contributed by atoms with Gasteiger partial charge in [0, 0.05) is 10.5 Å². The first-order chi connectivity index (χ1) is 12.5. The second kappa shape index (κ2) is 7.94. The number of thioether (sulfide) groups is 1. The molecule has 0 saturated carbocycles. The standard InChI is InChI=1S/C21H20N2OS2/c1-5-11-23-18-12-14(3)15(4)13-19(18)26-21(23)22-20(24)16-7-9-17(10-8-16)25-6-2/h1,7-10,12-13H,6,11H2,2-4H3. The van der Waals surface area contributed by atoms with E-state index in [1.165, 1.54) is 22.5 Å². The Hall–Kier alpha value is -2.29. The predicted molar refractivity (Wildman–Crippen MR) is 111 cm³/mol. The van der Waals surface area contributed by atoms with Crippen molar-refractivity contribution in [2.75, 3.05) is 5.75 Å². The molecule has 0 aliphatic heterocycles. The van der Waals surface area contributed by atoms with Crippen molar-refractivity contribution in [3.63, 3.8) is 0 Å². The van der Waals surface area contributed by atoms with Crippen LogP contribution in [-0.2, 0) is 6.54 Å². The van der Waals surface area contributed by atoms with Crippen LogP contribution in [0.3, 0.4) is 0 Å². The Kier molecular flexibility index (Phi) is 5.65. The van der Waals surface area contributed by atoms with E-state index in [2.05, 4.69) is 43.8 Å². The lowest BCUT2D eigenvalue weighted by Gasteiger charge is -2.03. The van der Waals surface area contributed by atoms with E-state index < -0.39 is 0 Å². The molecule has 2 aromatic carbocycles. The lowest BCUT2D eigenvalue weighted by Crippen LogP contribution is -2.16. The molecule has 132 valence electrons. The van der Waals surface area contributed by atoms with Gasteiger partial charge in [0.15, 0.2) is 4.80 Å². The summed E-state index contributed by atoms with van der Waals surface area (Å²) in [7, 11) is 0. The van der Waals surface area contributed by atoms with E-state index in [9.17, 15) is 4.79 Å². The highest BCUT2D eigenvalue weighted by atomic mass is 32.2. The molecule has 0 radical (unpaired) electrons. The molecule has 1 amide bonds. The van der Waals surface area contributed by atoms with Gasteiger partial charge in [0.25, 0.3) is 5.91 Å². The quantitative estimate of drug-likeness (QED) is 0.481. The number of thiazole rings is 1. The van der Waals surface area contributed by atoms with Crippen molar-refractivity contribution in [2.24, 2.45) is 4.99 Å². The number of aromatic nitrogens is 1. The lowest BCUT2D eigenvalue weighted by atomic mass is 10.1. The molecule has 0 atom stereocenters. The highest BCUT2D eigenvalue weighted by Gasteiger charge is 2.10. The Morgan fingerprint density at radius 2 is 1.92 bits per heavy atom. The van der Waals surface area contributed by atoms with Crippen LogP contribution < -0.4 is 4.80 Å². The maximum atomic E-state index is 12.6. The second-order valence-corrected chi connectivity index (χ2v) is 8.30. The smallest absolute Gasteiger partial charge is 0.279 e. The van der Waals surface area contributed by atoms with Crippen LogP contribution >= 0.6 is 23.1 Å². The highest BCUT2D eigenvalue weighted by Crippen LogP contribution is 2.22. The Balaban J connectivity index is 2.06. The van der Waals surface area contributed by atoms with Gasteiger partial charge in [0.05, 0.1) is 16.8 Å². The van der Waals surface area contributed by atoms with Gasteiger partial charge in [-0.05, 0) is 67.1 Å². The Labute approximate surface area is 161 Å². The van der Waals surface area contributed by atoms with Gasteiger partial charge >= 0.3 is 0 Å². The van der Waals surface area contributed by atoms with Crippen molar-refractivity contribution in [1.29, 1.82) is 0 Å². The van der Waals surface area contributed by atoms with E-state index >= 15 is 0 Å². The summed E-state index contributed by atoms with van der Waals surface area (Å²) in [4.78, 5) is 18.8. The predicted octanol–water partition coefficient (Wildman–Crippen LogP) is 4.81. The number of rotatable bonds is 4. The molecule has 0 bridgehead atoms. The summed E-state index contributed by atoms with van der Waals surface area (Å²) < 4.78 is 3.02. The van der Waals surface area contributed by atoms with Gasteiger partial charge in [0.1, 0.15) is 0 Å². The van der Waals surface area contributed by atoms with Crippen LogP contribution in [-0.4, -0.2) is 16.2 Å². The van der Waals surface area contributed by atoms with Crippen LogP contribution in [0, 0.1) is 26.2 Å². The summed E-state index contributed by atoms with van der Waals surface area (Å²) in [6, 6.07) is 11.8. The van der Waals surface area contributed by atoms with Crippen molar-refractivity contribution in [3.05, 3.63) is 57.9 Å². The molecule has 26 heavy (non-hydrogen) atoms. The molecule has 0 aliphatic carbocycles. The molecule has 0 aliphatic rings. The SMILES string of the molecule is C#CCn1c(=NC(=O)c2ccc(SCC)cc2)sc2cc(C)c(C)cc21. The molecule has 5 heteroatoms. The minimum Gasteiger partial charge on any atom is -0.305 e. The number of carbonyl (C=O) groups is 1. The van der Waals surface area contributed by atoms with Gasteiger partial charge in [-0.25, -0.2) is 0 Å². The van der Waals surface area contributed by atoms with E-state index in [0.717, 1.165) is 20.9 Å². The van der Waals surface area contributed by atoms with Gasteiger partial charge in [-0.15, -0.1) is 18.2 Å². The number of benzene rings is 2. The van der Waals surface area contributed by atoms with Crippen LogP contribution in [0.25, 0.3) is 10.2 Å². The summed E-state index contributed by atoms with van der Waals surface area (Å²) in [5.41, 5.74) is 4.02. The largest absolute Gasteiger partial charge is 0.305 e. The summed E-state index contributed by atoms with van der Waals surface area (Å²) in [5, 5.41) is 0. The number of terminal acetylenes is 1. The third-order valence-corrected chi connectivity index (χ3v) is 6.09. The normalized spacial score (nSPS) is 11.7. The second-order valence-electron chi connectivity index (χ2n) is 5.95. The lowest BCUT2D eigenvalue weighted by molar-refractivity contribution is 0.0998. The molecule has 0 fully saturated rings. The first kappa shape index (κ1) is 18.5. The fourth-order valence-corrected chi connectivity index (χ4v) is 4.43.